The Balaban J connectivity index is 1.98. The zero-order valence-corrected chi connectivity index (χ0v) is 11.5. The van der Waals surface area contributed by atoms with Crippen molar-refractivity contribution < 1.29 is 8.42 Å². The summed E-state index contributed by atoms with van der Waals surface area (Å²) in [7, 11) is -3.14. The highest BCUT2D eigenvalue weighted by Gasteiger charge is 2.22. The molecule has 1 aromatic heterocycles. The minimum absolute atomic E-state index is 0.00889. The van der Waals surface area contributed by atoms with Crippen LogP contribution in [0.2, 0.25) is 0 Å². The summed E-state index contributed by atoms with van der Waals surface area (Å²) in [4.78, 5) is 6.31. The first-order chi connectivity index (χ1) is 8.98. The summed E-state index contributed by atoms with van der Waals surface area (Å²) in [5, 5.41) is 8.82. The summed E-state index contributed by atoms with van der Waals surface area (Å²) in [5.41, 5.74) is 0.397. The van der Waals surface area contributed by atoms with Crippen molar-refractivity contribution in [2.24, 2.45) is 0 Å². The Morgan fingerprint density at radius 2 is 2.11 bits per heavy atom. The average molecular weight is 280 g/mol. The van der Waals surface area contributed by atoms with Gasteiger partial charge in [-0.25, -0.2) is 18.1 Å². The highest BCUT2D eigenvalue weighted by molar-refractivity contribution is 7.88. The van der Waals surface area contributed by atoms with Crippen molar-refractivity contribution in [3.8, 4) is 6.07 Å². The summed E-state index contributed by atoms with van der Waals surface area (Å²) in [6.07, 6.45) is 2.66. The van der Waals surface area contributed by atoms with E-state index in [9.17, 15) is 8.42 Å². The Hall–Kier alpha value is -1.65. The van der Waals surface area contributed by atoms with Gasteiger partial charge in [0.2, 0.25) is 10.0 Å². The fraction of sp³-hybridized carbons (Fsp3) is 0.500. The van der Waals surface area contributed by atoms with Crippen molar-refractivity contribution in [3.63, 3.8) is 0 Å². The van der Waals surface area contributed by atoms with Crippen LogP contribution in [0, 0.1) is 11.3 Å². The molecule has 2 heterocycles. The summed E-state index contributed by atoms with van der Waals surface area (Å²) in [6.45, 7) is 1.46. The van der Waals surface area contributed by atoms with Crippen LogP contribution in [-0.4, -0.2) is 38.8 Å². The lowest BCUT2D eigenvalue weighted by atomic mass is 10.1. The van der Waals surface area contributed by atoms with Crippen LogP contribution in [0.15, 0.2) is 18.2 Å². The zero-order valence-electron chi connectivity index (χ0n) is 10.7. The van der Waals surface area contributed by atoms with Crippen molar-refractivity contribution in [2.75, 3.05) is 24.2 Å². The van der Waals surface area contributed by atoms with Gasteiger partial charge >= 0.3 is 0 Å². The predicted octanol–water partition coefficient (Wildman–Crippen LogP) is 0.471. The largest absolute Gasteiger partial charge is 0.356 e. The van der Waals surface area contributed by atoms with E-state index in [1.807, 2.05) is 18.2 Å². The molecule has 0 atom stereocenters. The van der Waals surface area contributed by atoms with E-state index in [0.29, 0.717) is 5.69 Å². The van der Waals surface area contributed by atoms with Gasteiger partial charge in [0.15, 0.2) is 0 Å². The molecule has 102 valence electrons. The minimum Gasteiger partial charge on any atom is -0.356 e. The van der Waals surface area contributed by atoms with E-state index in [-0.39, 0.29) is 6.04 Å². The Morgan fingerprint density at radius 3 is 2.68 bits per heavy atom. The number of nitrogens with zero attached hydrogens (tertiary/aromatic N) is 3. The fourth-order valence-corrected chi connectivity index (χ4v) is 3.03. The first-order valence-electron chi connectivity index (χ1n) is 6.07. The minimum atomic E-state index is -3.14. The second-order valence-electron chi connectivity index (χ2n) is 4.64. The number of anilines is 1. The van der Waals surface area contributed by atoms with Gasteiger partial charge < -0.3 is 4.90 Å². The van der Waals surface area contributed by atoms with E-state index >= 15 is 0 Å². The molecule has 0 amide bonds. The molecule has 0 saturated carbocycles. The maximum absolute atomic E-state index is 11.2. The lowest BCUT2D eigenvalue weighted by molar-refractivity contribution is 0.460. The first kappa shape index (κ1) is 13.8. The number of aromatic nitrogens is 1. The zero-order chi connectivity index (χ0) is 13.9. The van der Waals surface area contributed by atoms with E-state index in [1.54, 1.807) is 6.07 Å². The second kappa shape index (κ2) is 5.55. The second-order valence-corrected chi connectivity index (χ2v) is 6.42. The maximum atomic E-state index is 11.2. The van der Waals surface area contributed by atoms with Crippen LogP contribution in [0.4, 0.5) is 5.82 Å². The van der Waals surface area contributed by atoms with Gasteiger partial charge in [0, 0.05) is 19.1 Å². The van der Waals surface area contributed by atoms with Gasteiger partial charge in [0.1, 0.15) is 17.6 Å². The van der Waals surface area contributed by atoms with Crippen LogP contribution >= 0.6 is 0 Å². The topological polar surface area (TPSA) is 86.1 Å². The number of hydrogen-bond donors (Lipinski definition) is 1. The van der Waals surface area contributed by atoms with Crippen LogP contribution in [0.25, 0.3) is 0 Å². The molecule has 7 heteroatoms. The third-order valence-electron chi connectivity index (χ3n) is 3.05. The predicted molar refractivity (Wildman–Crippen MR) is 72.2 cm³/mol. The van der Waals surface area contributed by atoms with E-state index in [2.05, 4.69) is 14.6 Å². The highest BCUT2D eigenvalue weighted by atomic mass is 32.2. The van der Waals surface area contributed by atoms with E-state index < -0.39 is 10.0 Å². The standard InChI is InChI=1S/C12H16N4O2S/c1-19(17,18)15-10-5-7-16(8-6-10)12-4-2-3-11(9-13)14-12/h2-4,10,15H,5-8H2,1H3. The highest BCUT2D eigenvalue weighted by Crippen LogP contribution is 2.18. The van der Waals surface area contributed by atoms with Crippen LogP contribution < -0.4 is 9.62 Å². The third-order valence-corrected chi connectivity index (χ3v) is 3.81. The molecule has 2 rings (SSSR count). The average Bonchev–Trinajstić information content (AvgIpc) is 2.38. The summed E-state index contributed by atoms with van der Waals surface area (Å²) >= 11 is 0. The Kier molecular flexibility index (Phi) is 4.02. The molecule has 0 aromatic carbocycles. The molecule has 0 spiro atoms. The first-order valence-corrected chi connectivity index (χ1v) is 7.96. The van der Waals surface area contributed by atoms with Gasteiger partial charge in [-0.1, -0.05) is 6.07 Å². The van der Waals surface area contributed by atoms with Gasteiger partial charge in [-0.15, -0.1) is 0 Å². The molecule has 1 N–H and O–H groups in total. The number of nitriles is 1. The molecule has 1 aliphatic rings. The molecule has 1 aliphatic heterocycles. The van der Waals surface area contributed by atoms with Crippen LogP contribution in [0.1, 0.15) is 18.5 Å². The quantitative estimate of drug-likeness (QED) is 0.870. The monoisotopic (exact) mass is 280 g/mol. The number of nitrogens with one attached hydrogen (secondary N) is 1. The maximum Gasteiger partial charge on any atom is 0.208 e. The normalized spacial score (nSPS) is 17.2. The summed E-state index contributed by atoms with van der Waals surface area (Å²) in [6, 6.07) is 7.35. The number of rotatable bonds is 3. The molecule has 0 radical (unpaired) electrons. The molecule has 1 aromatic rings. The molecule has 0 aliphatic carbocycles. The third kappa shape index (κ3) is 3.91. The van der Waals surface area contributed by atoms with Gasteiger partial charge in [-0.3, -0.25) is 0 Å². The summed E-state index contributed by atoms with van der Waals surface area (Å²) in [5.74, 6) is 0.775. The molecule has 0 bridgehead atoms. The van der Waals surface area contributed by atoms with E-state index in [0.717, 1.165) is 31.7 Å². The van der Waals surface area contributed by atoms with Gasteiger partial charge in [-0.2, -0.15) is 5.26 Å². The van der Waals surface area contributed by atoms with Crippen molar-refractivity contribution in [1.29, 1.82) is 5.26 Å². The van der Waals surface area contributed by atoms with E-state index in [4.69, 9.17) is 5.26 Å². The Bertz CT molecular complexity index is 586. The van der Waals surface area contributed by atoms with Crippen molar-refractivity contribution in [3.05, 3.63) is 23.9 Å². The van der Waals surface area contributed by atoms with Crippen molar-refractivity contribution in [1.82, 2.24) is 9.71 Å². The molecule has 6 nitrogen and oxygen atoms in total. The lowest BCUT2D eigenvalue weighted by Gasteiger charge is -2.32. The Morgan fingerprint density at radius 1 is 1.42 bits per heavy atom. The Labute approximate surface area is 113 Å². The lowest BCUT2D eigenvalue weighted by Crippen LogP contribution is -2.44. The van der Waals surface area contributed by atoms with Crippen LogP contribution in [0.5, 0.6) is 0 Å². The summed E-state index contributed by atoms with van der Waals surface area (Å²) < 4.78 is 24.9. The molecular weight excluding hydrogens is 264 g/mol. The fourth-order valence-electron chi connectivity index (χ4n) is 2.19. The SMILES string of the molecule is CS(=O)(=O)NC1CCN(c2cccc(C#N)n2)CC1. The number of piperidine rings is 1. The number of hydrogen-bond acceptors (Lipinski definition) is 5. The van der Waals surface area contributed by atoms with Crippen LogP contribution in [-0.2, 0) is 10.0 Å². The van der Waals surface area contributed by atoms with E-state index in [1.165, 1.54) is 6.26 Å². The van der Waals surface area contributed by atoms with Crippen molar-refractivity contribution in [2.45, 2.75) is 18.9 Å². The smallest absolute Gasteiger partial charge is 0.208 e. The van der Waals surface area contributed by atoms with Gasteiger partial charge in [0.05, 0.1) is 6.26 Å². The molecule has 1 saturated heterocycles. The number of sulfonamides is 1. The van der Waals surface area contributed by atoms with Gasteiger partial charge in [0.25, 0.3) is 0 Å². The van der Waals surface area contributed by atoms with Gasteiger partial charge in [-0.05, 0) is 25.0 Å². The number of pyridine rings is 1. The van der Waals surface area contributed by atoms with Crippen LogP contribution in [0.3, 0.4) is 0 Å². The van der Waals surface area contributed by atoms with Crippen molar-refractivity contribution >= 4 is 15.8 Å². The molecule has 1 fully saturated rings. The molecular formula is C12H16N4O2S. The molecule has 19 heavy (non-hydrogen) atoms. The molecule has 0 unspecified atom stereocenters.